The third-order valence-corrected chi connectivity index (χ3v) is 4.29. The number of hydrogen-bond acceptors (Lipinski definition) is 3. The quantitative estimate of drug-likeness (QED) is 0.545. The SMILES string of the molecule is Cn1ncc(C(=O)Nc2cccc(C(F)(F)F)c2)c1C(=O)Nc1cccc(C(F)(F)F)c1. The van der Waals surface area contributed by atoms with Crippen LogP contribution in [0.15, 0.2) is 54.7 Å². The lowest BCUT2D eigenvalue weighted by atomic mass is 10.1. The minimum absolute atomic E-state index is 0.169. The molecule has 0 fully saturated rings. The van der Waals surface area contributed by atoms with Crippen molar-refractivity contribution in [2.45, 2.75) is 12.4 Å². The number of alkyl halides is 6. The molecule has 2 amide bonds. The zero-order valence-electron chi connectivity index (χ0n) is 16.2. The summed E-state index contributed by atoms with van der Waals surface area (Å²) in [5, 5.41) is 8.30. The van der Waals surface area contributed by atoms with E-state index in [0.717, 1.165) is 47.3 Å². The van der Waals surface area contributed by atoms with Gasteiger partial charge in [0.25, 0.3) is 11.8 Å². The van der Waals surface area contributed by atoms with Crippen molar-refractivity contribution in [3.63, 3.8) is 0 Å². The number of carbonyl (C=O) groups is 2. The maximum absolute atomic E-state index is 12.9. The van der Waals surface area contributed by atoms with E-state index in [0.29, 0.717) is 0 Å². The molecule has 1 aromatic heterocycles. The van der Waals surface area contributed by atoms with Crippen molar-refractivity contribution in [1.82, 2.24) is 9.78 Å². The minimum Gasteiger partial charge on any atom is -0.322 e. The molecule has 0 aliphatic rings. The number of rotatable bonds is 4. The van der Waals surface area contributed by atoms with Gasteiger partial charge in [-0.15, -0.1) is 0 Å². The second-order valence-corrected chi connectivity index (χ2v) is 6.60. The van der Waals surface area contributed by atoms with Crippen molar-refractivity contribution < 1.29 is 35.9 Å². The Balaban J connectivity index is 1.83. The molecule has 0 radical (unpaired) electrons. The summed E-state index contributed by atoms with van der Waals surface area (Å²) in [5.41, 5.74) is -2.89. The average Bonchev–Trinajstić information content (AvgIpc) is 3.09. The van der Waals surface area contributed by atoms with Crippen molar-refractivity contribution in [2.24, 2.45) is 7.05 Å². The Hall–Kier alpha value is -3.83. The molecule has 0 bridgehead atoms. The number of amides is 2. The number of anilines is 2. The van der Waals surface area contributed by atoms with Crippen molar-refractivity contribution in [3.05, 3.63) is 77.1 Å². The van der Waals surface area contributed by atoms with Gasteiger partial charge >= 0.3 is 12.4 Å². The van der Waals surface area contributed by atoms with Gasteiger partial charge < -0.3 is 10.6 Å². The molecule has 0 unspecified atom stereocenters. The molecule has 6 nitrogen and oxygen atoms in total. The summed E-state index contributed by atoms with van der Waals surface area (Å²) >= 11 is 0. The Morgan fingerprint density at radius 3 is 1.75 bits per heavy atom. The van der Waals surface area contributed by atoms with Gasteiger partial charge in [-0.3, -0.25) is 14.3 Å². The van der Waals surface area contributed by atoms with Gasteiger partial charge in [0.2, 0.25) is 0 Å². The highest BCUT2D eigenvalue weighted by Crippen LogP contribution is 2.32. The van der Waals surface area contributed by atoms with E-state index in [1.165, 1.54) is 19.2 Å². The molecule has 168 valence electrons. The van der Waals surface area contributed by atoms with Crippen LogP contribution in [0.5, 0.6) is 0 Å². The molecule has 2 N–H and O–H groups in total. The summed E-state index contributed by atoms with van der Waals surface area (Å²) in [6, 6.07) is 7.75. The number of aromatic nitrogens is 2. The third-order valence-electron chi connectivity index (χ3n) is 4.29. The predicted octanol–water partition coefficient (Wildman–Crippen LogP) is 4.96. The third kappa shape index (κ3) is 5.07. The Labute approximate surface area is 176 Å². The minimum atomic E-state index is -4.62. The molecule has 0 aliphatic heterocycles. The van der Waals surface area contributed by atoms with Crippen LogP contribution < -0.4 is 10.6 Å². The van der Waals surface area contributed by atoms with E-state index in [9.17, 15) is 35.9 Å². The lowest BCUT2D eigenvalue weighted by Crippen LogP contribution is -2.22. The van der Waals surface area contributed by atoms with Crippen LogP contribution >= 0.6 is 0 Å². The Morgan fingerprint density at radius 2 is 1.28 bits per heavy atom. The number of carbonyl (C=O) groups excluding carboxylic acids is 2. The first-order valence-electron chi connectivity index (χ1n) is 8.85. The zero-order valence-corrected chi connectivity index (χ0v) is 16.2. The van der Waals surface area contributed by atoms with Gasteiger partial charge in [-0.05, 0) is 36.4 Å². The molecule has 1 heterocycles. The van der Waals surface area contributed by atoms with Gasteiger partial charge in [0.1, 0.15) is 5.69 Å². The van der Waals surface area contributed by atoms with Crippen LogP contribution in [0.3, 0.4) is 0 Å². The van der Waals surface area contributed by atoms with Crippen LogP contribution in [0.25, 0.3) is 0 Å². The van der Waals surface area contributed by atoms with E-state index in [4.69, 9.17) is 0 Å². The second kappa shape index (κ2) is 8.36. The number of aryl methyl sites for hydroxylation is 1. The molecular formula is C20H14F6N4O2. The van der Waals surface area contributed by atoms with Crippen molar-refractivity contribution in [2.75, 3.05) is 10.6 Å². The summed E-state index contributed by atoms with van der Waals surface area (Å²) in [6.07, 6.45) is -8.22. The van der Waals surface area contributed by atoms with Crippen LogP contribution in [0.4, 0.5) is 37.7 Å². The first-order chi connectivity index (χ1) is 14.9. The first-order valence-corrected chi connectivity index (χ1v) is 8.85. The number of benzene rings is 2. The lowest BCUT2D eigenvalue weighted by Gasteiger charge is -2.12. The lowest BCUT2D eigenvalue weighted by molar-refractivity contribution is -0.138. The predicted molar refractivity (Wildman–Crippen MR) is 102 cm³/mol. The van der Waals surface area contributed by atoms with Gasteiger partial charge in [-0.2, -0.15) is 31.4 Å². The van der Waals surface area contributed by atoms with E-state index in [-0.39, 0.29) is 22.6 Å². The highest BCUT2D eigenvalue weighted by Gasteiger charge is 2.32. The number of nitrogens with one attached hydrogen (secondary N) is 2. The first kappa shape index (κ1) is 22.8. The standard InChI is InChI=1S/C20H14F6N4O2/c1-30-16(18(32)29-14-7-3-5-12(9-14)20(24,25)26)15(10-27-30)17(31)28-13-6-2-4-11(8-13)19(21,22)23/h2-10H,1H3,(H,28,31)(H,29,32). The smallest absolute Gasteiger partial charge is 0.322 e. The Bertz CT molecular complexity index is 1170. The summed E-state index contributed by atoms with van der Waals surface area (Å²) in [7, 11) is 1.32. The fourth-order valence-corrected chi connectivity index (χ4v) is 2.81. The molecule has 0 saturated heterocycles. The van der Waals surface area contributed by atoms with E-state index in [1.54, 1.807) is 0 Å². The maximum Gasteiger partial charge on any atom is 0.416 e. The highest BCUT2D eigenvalue weighted by atomic mass is 19.4. The molecule has 0 saturated carbocycles. The highest BCUT2D eigenvalue weighted by molar-refractivity contribution is 6.14. The molecule has 0 aliphatic carbocycles. The van der Waals surface area contributed by atoms with Gasteiger partial charge in [0.05, 0.1) is 22.9 Å². The zero-order chi connectivity index (χ0) is 23.7. The van der Waals surface area contributed by atoms with Crippen molar-refractivity contribution in [1.29, 1.82) is 0 Å². The van der Waals surface area contributed by atoms with Crippen molar-refractivity contribution >= 4 is 23.2 Å². The molecule has 32 heavy (non-hydrogen) atoms. The largest absolute Gasteiger partial charge is 0.416 e. The number of nitrogens with zero attached hydrogens (tertiary/aromatic N) is 2. The van der Waals surface area contributed by atoms with Gasteiger partial charge in [-0.1, -0.05) is 12.1 Å². The van der Waals surface area contributed by atoms with Gasteiger partial charge in [-0.25, -0.2) is 0 Å². The number of halogens is 6. The van der Waals surface area contributed by atoms with E-state index in [1.807, 2.05) is 0 Å². The molecule has 0 spiro atoms. The Kier molecular flexibility index (Phi) is 5.97. The monoisotopic (exact) mass is 456 g/mol. The van der Waals surface area contributed by atoms with Crippen LogP contribution in [0.2, 0.25) is 0 Å². The van der Waals surface area contributed by atoms with Crippen LogP contribution in [0.1, 0.15) is 32.0 Å². The molecule has 0 atom stereocenters. The fourth-order valence-electron chi connectivity index (χ4n) is 2.81. The molecule has 3 aromatic rings. The topological polar surface area (TPSA) is 76.0 Å². The van der Waals surface area contributed by atoms with Gasteiger partial charge in [0.15, 0.2) is 0 Å². The summed E-state index contributed by atoms with van der Waals surface area (Å²) in [4.78, 5) is 25.2. The van der Waals surface area contributed by atoms with E-state index in [2.05, 4.69) is 15.7 Å². The molecule has 3 rings (SSSR count). The van der Waals surface area contributed by atoms with Crippen LogP contribution in [-0.4, -0.2) is 21.6 Å². The summed E-state index contributed by atoms with van der Waals surface area (Å²) < 4.78 is 78.2. The summed E-state index contributed by atoms with van der Waals surface area (Å²) in [5.74, 6) is -1.86. The Morgan fingerprint density at radius 1 is 0.812 bits per heavy atom. The normalized spacial score (nSPS) is 11.8. The second-order valence-electron chi connectivity index (χ2n) is 6.60. The fraction of sp³-hybridized carbons (Fsp3) is 0.150. The maximum atomic E-state index is 12.9. The van der Waals surface area contributed by atoms with E-state index >= 15 is 0 Å². The van der Waals surface area contributed by atoms with Crippen LogP contribution in [-0.2, 0) is 19.4 Å². The van der Waals surface area contributed by atoms with Crippen molar-refractivity contribution in [3.8, 4) is 0 Å². The molecular weight excluding hydrogens is 442 g/mol. The average molecular weight is 456 g/mol. The molecule has 2 aromatic carbocycles. The van der Waals surface area contributed by atoms with Crippen LogP contribution in [0, 0.1) is 0 Å². The summed E-state index contributed by atoms with van der Waals surface area (Å²) in [6.45, 7) is 0. The molecule has 12 heteroatoms. The van der Waals surface area contributed by atoms with Gasteiger partial charge in [0, 0.05) is 18.4 Å². The van der Waals surface area contributed by atoms with E-state index < -0.39 is 35.3 Å². The number of hydrogen-bond donors (Lipinski definition) is 2.